The molecule has 2 aromatic rings. The highest BCUT2D eigenvalue weighted by atomic mass is 16.3. The van der Waals surface area contributed by atoms with Crippen molar-refractivity contribution in [2.24, 2.45) is 0 Å². The molecule has 96 valence electrons. The van der Waals surface area contributed by atoms with E-state index in [4.69, 9.17) is 4.42 Å². The van der Waals surface area contributed by atoms with E-state index in [0.29, 0.717) is 0 Å². The number of hydrogen-bond donors (Lipinski definition) is 2. The summed E-state index contributed by atoms with van der Waals surface area (Å²) in [5.41, 5.74) is 0. The minimum atomic E-state index is 0.0601. The number of hydrogen-bond acceptors (Lipinski definition) is 5. The van der Waals surface area contributed by atoms with Crippen LogP contribution in [0.3, 0.4) is 0 Å². The van der Waals surface area contributed by atoms with Gasteiger partial charge in [0.15, 0.2) is 0 Å². The summed E-state index contributed by atoms with van der Waals surface area (Å²) in [6.07, 6.45) is 3.41. The SMILES string of the molecule is CCNc1cncc(NC(C)c2ccc(C)o2)n1. The van der Waals surface area contributed by atoms with Gasteiger partial charge in [-0.3, -0.25) is 4.98 Å². The molecule has 0 aliphatic heterocycles. The zero-order valence-electron chi connectivity index (χ0n) is 10.9. The van der Waals surface area contributed by atoms with Crippen molar-refractivity contribution in [1.29, 1.82) is 0 Å². The first-order valence-corrected chi connectivity index (χ1v) is 6.08. The molecule has 0 spiro atoms. The highest BCUT2D eigenvalue weighted by Gasteiger charge is 2.10. The normalized spacial score (nSPS) is 12.2. The molecule has 5 heteroatoms. The molecule has 0 saturated carbocycles. The molecule has 5 nitrogen and oxygen atoms in total. The lowest BCUT2D eigenvalue weighted by molar-refractivity contribution is 0.466. The molecule has 2 aromatic heterocycles. The minimum Gasteiger partial charge on any atom is -0.464 e. The number of anilines is 2. The van der Waals surface area contributed by atoms with Crippen LogP contribution in [0.25, 0.3) is 0 Å². The third-order valence-electron chi connectivity index (χ3n) is 2.54. The Kier molecular flexibility index (Phi) is 3.82. The number of aromatic nitrogens is 2. The van der Waals surface area contributed by atoms with Gasteiger partial charge < -0.3 is 15.1 Å². The van der Waals surface area contributed by atoms with Gasteiger partial charge in [0.2, 0.25) is 0 Å². The molecular weight excluding hydrogens is 228 g/mol. The molecule has 2 rings (SSSR count). The van der Waals surface area contributed by atoms with Gasteiger partial charge in [-0.25, -0.2) is 4.98 Å². The van der Waals surface area contributed by atoms with E-state index in [0.717, 1.165) is 29.7 Å². The van der Waals surface area contributed by atoms with Crippen LogP contribution in [0, 0.1) is 6.92 Å². The molecule has 1 atom stereocenters. The zero-order valence-corrected chi connectivity index (χ0v) is 10.9. The second kappa shape index (κ2) is 5.53. The van der Waals surface area contributed by atoms with Crippen LogP contribution in [-0.4, -0.2) is 16.5 Å². The van der Waals surface area contributed by atoms with Gasteiger partial charge in [-0.05, 0) is 32.9 Å². The number of aryl methyl sites for hydroxylation is 1. The maximum absolute atomic E-state index is 5.57. The summed E-state index contributed by atoms with van der Waals surface area (Å²) in [5, 5.41) is 6.39. The maximum atomic E-state index is 5.57. The van der Waals surface area contributed by atoms with Crippen LogP contribution < -0.4 is 10.6 Å². The first-order valence-electron chi connectivity index (χ1n) is 6.08. The molecule has 0 saturated heterocycles. The van der Waals surface area contributed by atoms with Crippen molar-refractivity contribution in [3.05, 3.63) is 36.0 Å². The van der Waals surface area contributed by atoms with Crippen molar-refractivity contribution in [2.75, 3.05) is 17.2 Å². The number of nitrogens with zero attached hydrogens (tertiary/aromatic N) is 2. The van der Waals surface area contributed by atoms with E-state index in [1.807, 2.05) is 32.9 Å². The van der Waals surface area contributed by atoms with Crippen molar-refractivity contribution in [1.82, 2.24) is 9.97 Å². The average molecular weight is 246 g/mol. The largest absolute Gasteiger partial charge is 0.464 e. The van der Waals surface area contributed by atoms with Crippen LogP contribution in [0.2, 0.25) is 0 Å². The van der Waals surface area contributed by atoms with E-state index in [1.165, 1.54) is 0 Å². The standard InChI is InChI=1S/C13H18N4O/c1-4-15-12-7-14-8-13(17-12)16-10(3)11-6-5-9(2)18-11/h5-8,10H,4H2,1-3H3,(H2,15,16,17). The monoisotopic (exact) mass is 246 g/mol. The maximum Gasteiger partial charge on any atom is 0.147 e. The fourth-order valence-corrected chi connectivity index (χ4v) is 1.68. The average Bonchev–Trinajstić information content (AvgIpc) is 2.77. The van der Waals surface area contributed by atoms with Crippen molar-refractivity contribution in [3.8, 4) is 0 Å². The fourth-order valence-electron chi connectivity index (χ4n) is 1.68. The zero-order chi connectivity index (χ0) is 13.0. The predicted molar refractivity (Wildman–Crippen MR) is 71.7 cm³/mol. The Morgan fingerprint density at radius 2 is 2.06 bits per heavy atom. The van der Waals surface area contributed by atoms with Gasteiger partial charge in [-0.15, -0.1) is 0 Å². The van der Waals surface area contributed by atoms with Crippen molar-refractivity contribution in [2.45, 2.75) is 26.8 Å². The first-order chi connectivity index (χ1) is 8.69. The summed E-state index contributed by atoms with van der Waals surface area (Å²) in [7, 11) is 0. The topological polar surface area (TPSA) is 63.0 Å². The Labute approximate surface area is 107 Å². The van der Waals surface area contributed by atoms with Gasteiger partial charge in [-0.1, -0.05) is 0 Å². The molecule has 0 bridgehead atoms. The van der Waals surface area contributed by atoms with Gasteiger partial charge >= 0.3 is 0 Å². The quantitative estimate of drug-likeness (QED) is 0.849. The first kappa shape index (κ1) is 12.4. The van der Waals surface area contributed by atoms with Gasteiger partial charge in [-0.2, -0.15) is 0 Å². The summed E-state index contributed by atoms with van der Waals surface area (Å²) < 4.78 is 5.57. The molecule has 0 aromatic carbocycles. The molecular formula is C13H18N4O. The number of nitrogens with one attached hydrogen (secondary N) is 2. The third-order valence-corrected chi connectivity index (χ3v) is 2.54. The van der Waals surface area contributed by atoms with Crippen LogP contribution in [0.1, 0.15) is 31.4 Å². The molecule has 0 amide bonds. The highest BCUT2D eigenvalue weighted by molar-refractivity contribution is 5.42. The van der Waals surface area contributed by atoms with E-state index in [9.17, 15) is 0 Å². The Morgan fingerprint density at radius 1 is 1.28 bits per heavy atom. The molecule has 1 unspecified atom stereocenters. The molecule has 2 heterocycles. The Balaban J connectivity index is 2.06. The molecule has 0 aliphatic rings. The van der Waals surface area contributed by atoms with Crippen LogP contribution in [-0.2, 0) is 0 Å². The summed E-state index contributed by atoms with van der Waals surface area (Å²) in [4.78, 5) is 8.55. The van der Waals surface area contributed by atoms with E-state index in [2.05, 4.69) is 20.6 Å². The molecule has 0 fully saturated rings. The van der Waals surface area contributed by atoms with Crippen LogP contribution in [0.5, 0.6) is 0 Å². The van der Waals surface area contributed by atoms with E-state index in [1.54, 1.807) is 12.4 Å². The fraction of sp³-hybridized carbons (Fsp3) is 0.385. The second-order valence-corrected chi connectivity index (χ2v) is 4.13. The van der Waals surface area contributed by atoms with Gasteiger partial charge in [0.05, 0.1) is 18.4 Å². The van der Waals surface area contributed by atoms with Crippen LogP contribution in [0.4, 0.5) is 11.6 Å². The lowest BCUT2D eigenvalue weighted by Gasteiger charge is -2.12. The van der Waals surface area contributed by atoms with E-state index in [-0.39, 0.29) is 6.04 Å². The summed E-state index contributed by atoms with van der Waals surface area (Å²) in [6, 6.07) is 3.98. The van der Waals surface area contributed by atoms with E-state index >= 15 is 0 Å². The van der Waals surface area contributed by atoms with Gasteiger partial charge in [0, 0.05) is 6.54 Å². The van der Waals surface area contributed by atoms with Crippen molar-refractivity contribution >= 4 is 11.6 Å². The third kappa shape index (κ3) is 3.00. The molecule has 0 aliphatic carbocycles. The second-order valence-electron chi connectivity index (χ2n) is 4.13. The number of rotatable bonds is 5. The summed E-state index contributed by atoms with van der Waals surface area (Å²) in [5.74, 6) is 3.30. The Bertz CT molecular complexity index is 509. The van der Waals surface area contributed by atoms with Crippen LogP contribution in [0.15, 0.2) is 28.9 Å². The lowest BCUT2D eigenvalue weighted by Crippen LogP contribution is -2.09. The van der Waals surface area contributed by atoms with Gasteiger partial charge in [0.1, 0.15) is 23.2 Å². The smallest absolute Gasteiger partial charge is 0.147 e. The number of furan rings is 1. The lowest BCUT2D eigenvalue weighted by atomic mass is 10.2. The minimum absolute atomic E-state index is 0.0601. The molecule has 0 radical (unpaired) electrons. The van der Waals surface area contributed by atoms with E-state index < -0.39 is 0 Å². The summed E-state index contributed by atoms with van der Waals surface area (Å²) in [6.45, 7) is 6.81. The Morgan fingerprint density at radius 3 is 2.72 bits per heavy atom. The van der Waals surface area contributed by atoms with Gasteiger partial charge in [0.25, 0.3) is 0 Å². The highest BCUT2D eigenvalue weighted by Crippen LogP contribution is 2.20. The van der Waals surface area contributed by atoms with Crippen molar-refractivity contribution < 1.29 is 4.42 Å². The summed E-state index contributed by atoms with van der Waals surface area (Å²) >= 11 is 0. The predicted octanol–water partition coefficient (Wildman–Crippen LogP) is 2.98. The van der Waals surface area contributed by atoms with Crippen molar-refractivity contribution in [3.63, 3.8) is 0 Å². The molecule has 18 heavy (non-hydrogen) atoms. The Hall–Kier alpha value is -2.04. The molecule has 2 N–H and O–H groups in total. The van der Waals surface area contributed by atoms with Crippen LogP contribution >= 0.6 is 0 Å².